The van der Waals surface area contributed by atoms with Gasteiger partial charge in [0.25, 0.3) is 10.0 Å². The van der Waals surface area contributed by atoms with Crippen molar-refractivity contribution in [2.45, 2.75) is 17.6 Å². The molecule has 1 aromatic rings. The van der Waals surface area contributed by atoms with E-state index in [0.717, 1.165) is 11.3 Å². The van der Waals surface area contributed by atoms with Crippen LogP contribution in [0.3, 0.4) is 0 Å². The second kappa shape index (κ2) is 4.08. The predicted octanol–water partition coefficient (Wildman–Crippen LogP) is 1.23. The van der Waals surface area contributed by atoms with Crippen molar-refractivity contribution in [2.24, 2.45) is 5.41 Å². The van der Waals surface area contributed by atoms with Crippen molar-refractivity contribution in [3.63, 3.8) is 0 Å². The average molecular weight is 275 g/mol. The van der Waals surface area contributed by atoms with Crippen LogP contribution in [0.4, 0.5) is 0 Å². The average Bonchev–Trinajstić information content (AvgIpc) is 2.86. The Morgan fingerprint density at radius 2 is 2.29 bits per heavy atom. The third-order valence-corrected chi connectivity index (χ3v) is 6.26. The Morgan fingerprint density at radius 3 is 2.76 bits per heavy atom. The van der Waals surface area contributed by atoms with Gasteiger partial charge in [0.2, 0.25) is 0 Å². The van der Waals surface area contributed by atoms with Gasteiger partial charge in [-0.15, -0.1) is 11.3 Å². The summed E-state index contributed by atoms with van der Waals surface area (Å²) in [6.45, 7) is 1.89. The largest absolute Gasteiger partial charge is 0.481 e. The molecule has 2 heterocycles. The number of thiophene rings is 1. The lowest BCUT2D eigenvalue weighted by atomic mass is 9.90. The predicted molar refractivity (Wildman–Crippen MR) is 63.4 cm³/mol. The first-order chi connectivity index (χ1) is 7.86. The number of nitrogens with zero attached hydrogens (tertiary/aromatic N) is 1. The summed E-state index contributed by atoms with van der Waals surface area (Å²) in [6, 6.07) is 3.21. The SMILES string of the molecule is CC1(C(=O)O)CCN(S(=O)(=O)c2cccs2)C1. The number of carbonyl (C=O) groups is 1. The Balaban J connectivity index is 2.25. The molecule has 1 aliphatic rings. The fourth-order valence-electron chi connectivity index (χ4n) is 1.84. The Kier molecular flexibility index (Phi) is 3.01. The molecule has 0 radical (unpaired) electrons. The van der Waals surface area contributed by atoms with Gasteiger partial charge in [-0.1, -0.05) is 6.07 Å². The van der Waals surface area contributed by atoms with Crippen LogP contribution in [0.1, 0.15) is 13.3 Å². The van der Waals surface area contributed by atoms with Crippen LogP contribution in [0.15, 0.2) is 21.7 Å². The first-order valence-electron chi connectivity index (χ1n) is 5.13. The Hall–Kier alpha value is -0.920. The van der Waals surface area contributed by atoms with Crippen molar-refractivity contribution in [3.8, 4) is 0 Å². The van der Waals surface area contributed by atoms with E-state index in [1.165, 1.54) is 10.4 Å². The smallest absolute Gasteiger partial charge is 0.310 e. The van der Waals surface area contributed by atoms with Crippen LogP contribution >= 0.6 is 11.3 Å². The molecule has 0 saturated carbocycles. The lowest BCUT2D eigenvalue weighted by molar-refractivity contribution is -0.146. The van der Waals surface area contributed by atoms with Crippen LogP contribution < -0.4 is 0 Å². The number of carboxylic acid groups (broad SMARTS) is 1. The van der Waals surface area contributed by atoms with Crippen molar-refractivity contribution in [1.29, 1.82) is 0 Å². The highest BCUT2D eigenvalue weighted by molar-refractivity contribution is 7.91. The number of sulfonamides is 1. The molecule has 1 aromatic heterocycles. The van der Waals surface area contributed by atoms with Gasteiger partial charge in [0.15, 0.2) is 0 Å². The lowest BCUT2D eigenvalue weighted by Crippen LogP contribution is -2.34. The highest BCUT2D eigenvalue weighted by Crippen LogP contribution is 2.34. The van der Waals surface area contributed by atoms with Gasteiger partial charge in [-0.25, -0.2) is 8.42 Å². The van der Waals surface area contributed by atoms with Crippen molar-refractivity contribution < 1.29 is 18.3 Å². The van der Waals surface area contributed by atoms with E-state index in [0.29, 0.717) is 6.42 Å². The van der Waals surface area contributed by atoms with Crippen molar-refractivity contribution >= 4 is 27.3 Å². The number of hydrogen-bond acceptors (Lipinski definition) is 4. The summed E-state index contributed by atoms with van der Waals surface area (Å²) in [5.41, 5.74) is -0.968. The second-order valence-corrected chi connectivity index (χ2v) is 7.50. The minimum absolute atomic E-state index is 0.0442. The maximum absolute atomic E-state index is 12.1. The zero-order valence-electron chi connectivity index (χ0n) is 9.29. The molecule has 1 atom stereocenters. The maximum atomic E-state index is 12.1. The number of hydrogen-bond donors (Lipinski definition) is 1. The quantitative estimate of drug-likeness (QED) is 0.900. The van der Waals surface area contributed by atoms with E-state index in [4.69, 9.17) is 5.11 Å². The third-order valence-electron chi connectivity index (χ3n) is 3.04. The van der Waals surface area contributed by atoms with Gasteiger partial charge < -0.3 is 5.11 Å². The Labute approximate surface area is 104 Å². The highest BCUT2D eigenvalue weighted by Gasteiger charge is 2.45. The molecular weight excluding hydrogens is 262 g/mol. The number of aliphatic carboxylic acids is 1. The molecule has 0 aliphatic carbocycles. The van der Waals surface area contributed by atoms with Crippen molar-refractivity contribution in [3.05, 3.63) is 17.5 Å². The van der Waals surface area contributed by atoms with Crippen molar-refractivity contribution in [1.82, 2.24) is 4.31 Å². The van der Waals surface area contributed by atoms with E-state index in [1.54, 1.807) is 18.4 Å². The van der Waals surface area contributed by atoms with Crippen LogP contribution in [0, 0.1) is 5.41 Å². The standard InChI is InChI=1S/C10H13NO4S2/c1-10(9(12)13)4-5-11(7-10)17(14,15)8-3-2-6-16-8/h2-3,6H,4-5,7H2,1H3,(H,12,13). The van der Waals surface area contributed by atoms with E-state index in [2.05, 4.69) is 0 Å². The van der Waals surface area contributed by atoms with Gasteiger partial charge in [0, 0.05) is 13.1 Å². The van der Waals surface area contributed by atoms with E-state index in [1.807, 2.05) is 0 Å². The zero-order valence-corrected chi connectivity index (χ0v) is 10.9. The minimum Gasteiger partial charge on any atom is -0.481 e. The molecule has 17 heavy (non-hydrogen) atoms. The van der Waals surface area contributed by atoms with E-state index in [-0.39, 0.29) is 17.3 Å². The molecule has 0 spiro atoms. The molecule has 0 aromatic carbocycles. The summed E-state index contributed by atoms with van der Waals surface area (Å²) in [6.07, 6.45) is 0.354. The van der Waals surface area contributed by atoms with Crippen LogP contribution in [0.5, 0.6) is 0 Å². The van der Waals surface area contributed by atoms with Gasteiger partial charge in [-0.05, 0) is 24.8 Å². The van der Waals surface area contributed by atoms with Gasteiger partial charge in [0.1, 0.15) is 4.21 Å². The summed E-state index contributed by atoms with van der Waals surface area (Å²) < 4.78 is 25.8. The Bertz CT molecular complexity index is 523. The summed E-state index contributed by atoms with van der Waals surface area (Å²) in [4.78, 5) is 11.1. The van der Waals surface area contributed by atoms with Gasteiger partial charge in [-0.2, -0.15) is 4.31 Å². The number of carboxylic acids is 1. The summed E-state index contributed by atoms with van der Waals surface area (Å²) >= 11 is 1.15. The lowest BCUT2D eigenvalue weighted by Gasteiger charge is -2.19. The summed E-state index contributed by atoms with van der Waals surface area (Å²) in [5.74, 6) is -0.943. The summed E-state index contributed by atoms with van der Waals surface area (Å²) in [5, 5.41) is 10.8. The molecule has 1 N–H and O–H groups in total. The molecule has 1 fully saturated rings. The van der Waals surface area contributed by atoms with Crippen LogP contribution in [-0.4, -0.2) is 36.9 Å². The van der Waals surface area contributed by atoms with Crippen LogP contribution in [-0.2, 0) is 14.8 Å². The van der Waals surface area contributed by atoms with Gasteiger partial charge in [0.05, 0.1) is 5.41 Å². The molecule has 1 saturated heterocycles. The molecule has 0 bridgehead atoms. The van der Waals surface area contributed by atoms with Crippen LogP contribution in [0.2, 0.25) is 0 Å². The topological polar surface area (TPSA) is 74.7 Å². The third kappa shape index (κ3) is 2.10. The molecule has 1 unspecified atom stereocenters. The van der Waals surface area contributed by atoms with Gasteiger partial charge >= 0.3 is 5.97 Å². The molecule has 7 heteroatoms. The molecule has 2 rings (SSSR count). The minimum atomic E-state index is -3.51. The highest BCUT2D eigenvalue weighted by atomic mass is 32.2. The monoisotopic (exact) mass is 275 g/mol. The Morgan fingerprint density at radius 1 is 1.59 bits per heavy atom. The van der Waals surface area contributed by atoms with E-state index >= 15 is 0 Å². The van der Waals surface area contributed by atoms with Gasteiger partial charge in [-0.3, -0.25) is 4.79 Å². The fourth-order valence-corrected chi connectivity index (χ4v) is 4.55. The van der Waals surface area contributed by atoms with Crippen LogP contribution in [0.25, 0.3) is 0 Å². The normalized spacial score (nSPS) is 26.2. The summed E-state index contributed by atoms with van der Waals surface area (Å²) in [7, 11) is -3.51. The molecule has 1 aliphatic heterocycles. The first-order valence-corrected chi connectivity index (χ1v) is 7.45. The molecule has 94 valence electrons. The molecule has 0 amide bonds. The van der Waals surface area contributed by atoms with E-state index in [9.17, 15) is 13.2 Å². The fraction of sp³-hybridized carbons (Fsp3) is 0.500. The first kappa shape index (κ1) is 12.5. The molecular formula is C10H13NO4S2. The van der Waals surface area contributed by atoms with Crippen molar-refractivity contribution in [2.75, 3.05) is 13.1 Å². The zero-order chi connectivity index (χ0) is 12.7. The molecule has 5 nitrogen and oxygen atoms in total. The second-order valence-electron chi connectivity index (χ2n) is 4.39. The number of rotatable bonds is 3. The maximum Gasteiger partial charge on any atom is 0.310 e. The van der Waals surface area contributed by atoms with E-state index < -0.39 is 21.4 Å².